The number of benzene rings is 5. The molecule has 0 aliphatic rings. The lowest BCUT2D eigenvalue weighted by Gasteiger charge is -2.26. The van der Waals surface area contributed by atoms with Gasteiger partial charge in [0.2, 0.25) is 0 Å². The fraction of sp³-hybridized carbons (Fsp3) is 0.0833. The summed E-state index contributed by atoms with van der Waals surface area (Å²) in [5, 5.41) is 0. The van der Waals surface area contributed by atoms with Gasteiger partial charge >= 0.3 is 5.97 Å². The maximum Gasteiger partial charge on any atom is 0.338 e. The van der Waals surface area contributed by atoms with Crippen molar-refractivity contribution in [3.8, 4) is 22.6 Å². The predicted molar refractivity (Wildman–Crippen MR) is 163 cm³/mol. The van der Waals surface area contributed by atoms with E-state index in [1.54, 1.807) is 19.1 Å². The van der Waals surface area contributed by atoms with Gasteiger partial charge in [0, 0.05) is 29.1 Å². The van der Waals surface area contributed by atoms with Crippen LogP contribution in [0.25, 0.3) is 11.1 Å². The van der Waals surface area contributed by atoms with E-state index in [1.165, 1.54) is 11.1 Å². The van der Waals surface area contributed by atoms with Gasteiger partial charge in [-0.1, -0.05) is 79.4 Å². The molecule has 0 N–H and O–H groups in total. The number of para-hydroxylation sites is 1. The largest absolute Gasteiger partial charge is 0.493 e. The van der Waals surface area contributed by atoms with Gasteiger partial charge < -0.3 is 14.4 Å². The summed E-state index contributed by atoms with van der Waals surface area (Å²) in [5.41, 5.74) is 7.06. The summed E-state index contributed by atoms with van der Waals surface area (Å²) < 4.78 is 11.3. The SMILES string of the molecule is C=C(C)C(=O)Oc1ccc(CCOc2ccc(N(c3ccccc3)c3ccc(-c4ccccc4)cc3)cc2)cc1. The molecular weight excluding hydrogens is 494 g/mol. The number of carbonyl (C=O) groups excluding carboxylic acids is 1. The highest BCUT2D eigenvalue weighted by Gasteiger charge is 2.13. The summed E-state index contributed by atoms with van der Waals surface area (Å²) in [7, 11) is 0. The van der Waals surface area contributed by atoms with Crippen molar-refractivity contribution in [2.75, 3.05) is 11.5 Å². The molecule has 0 spiro atoms. The van der Waals surface area contributed by atoms with Gasteiger partial charge in [0.25, 0.3) is 0 Å². The van der Waals surface area contributed by atoms with Gasteiger partial charge in [0.1, 0.15) is 11.5 Å². The Balaban J connectivity index is 1.25. The Morgan fingerprint density at radius 3 is 1.73 bits per heavy atom. The Bertz CT molecular complexity index is 1540. The topological polar surface area (TPSA) is 38.8 Å². The molecule has 0 saturated carbocycles. The second-order valence-electron chi connectivity index (χ2n) is 9.49. The van der Waals surface area contributed by atoms with Gasteiger partial charge in [-0.3, -0.25) is 0 Å². The van der Waals surface area contributed by atoms with Crippen LogP contribution in [0.2, 0.25) is 0 Å². The van der Waals surface area contributed by atoms with Gasteiger partial charge in [-0.2, -0.15) is 0 Å². The molecule has 40 heavy (non-hydrogen) atoms. The minimum Gasteiger partial charge on any atom is -0.493 e. The molecule has 5 aromatic rings. The average Bonchev–Trinajstić information content (AvgIpc) is 3.00. The minimum absolute atomic E-state index is 0.372. The van der Waals surface area contributed by atoms with Crippen molar-refractivity contribution >= 4 is 23.0 Å². The quantitative estimate of drug-likeness (QED) is 0.104. The Labute approximate surface area is 235 Å². The molecule has 198 valence electrons. The Morgan fingerprint density at radius 1 is 0.625 bits per heavy atom. The van der Waals surface area contributed by atoms with Gasteiger partial charge in [-0.15, -0.1) is 0 Å². The van der Waals surface area contributed by atoms with E-state index >= 15 is 0 Å². The molecule has 0 atom stereocenters. The molecule has 0 radical (unpaired) electrons. The van der Waals surface area contributed by atoms with E-state index in [2.05, 4.69) is 96.4 Å². The first kappa shape index (κ1) is 26.5. The molecule has 0 aliphatic heterocycles. The average molecular weight is 526 g/mol. The van der Waals surface area contributed by atoms with Gasteiger partial charge in [-0.05, 0) is 84.3 Å². The number of ether oxygens (including phenoxy) is 2. The summed E-state index contributed by atoms with van der Waals surface area (Å²) >= 11 is 0. The number of anilines is 3. The molecule has 0 unspecified atom stereocenters. The molecule has 0 amide bonds. The van der Waals surface area contributed by atoms with E-state index in [0.717, 1.165) is 34.8 Å². The fourth-order valence-electron chi connectivity index (χ4n) is 4.35. The summed E-state index contributed by atoms with van der Waals surface area (Å²) in [4.78, 5) is 13.9. The monoisotopic (exact) mass is 525 g/mol. The van der Waals surface area contributed by atoms with E-state index in [1.807, 2.05) is 36.4 Å². The van der Waals surface area contributed by atoms with Crippen molar-refractivity contribution in [1.82, 2.24) is 0 Å². The maximum atomic E-state index is 11.7. The molecule has 0 aromatic heterocycles. The van der Waals surface area contributed by atoms with Crippen LogP contribution < -0.4 is 14.4 Å². The van der Waals surface area contributed by atoms with E-state index in [9.17, 15) is 4.79 Å². The number of hydrogen-bond acceptors (Lipinski definition) is 4. The summed E-state index contributed by atoms with van der Waals surface area (Å²) in [6.45, 7) is 5.77. The van der Waals surface area contributed by atoms with E-state index in [0.29, 0.717) is 17.9 Å². The molecule has 0 aliphatic carbocycles. The molecule has 5 rings (SSSR count). The van der Waals surface area contributed by atoms with Crippen LogP contribution in [0.3, 0.4) is 0 Å². The predicted octanol–water partition coefficient (Wildman–Crippen LogP) is 8.93. The number of carbonyl (C=O) groups is 1. The first-order chi connectivity index (χ1) is 19.6. The van der Waals surface area contributed by atoms with E-state index in [4.69, 9.17) is 9.47 Å². The first-order valence-corrected chi connectivity index (χ1v) is 13.3. The van der Waals surface area contributed by atoms with Crippen LogP contribution >= 0.6 is 0 Å². The van der Waals surface area contributed by atoms with Crippen molar-refractivity contribution in [2.45, 2.75) is 13.3 Å². The summed E-state index contributed by atoms with van der Waals surface area (Å²) in [6.07, 6.45) is 0.736. The first-order valence-electron chi connectivity index (χ1n) is 13.3. The Hall–Kier alpha value is -5.09. The lowest BCUT2D eigenvalue weighted by Crippen LogP contribution is -2.10. The van der Waals surface area contributed by atoms with Crippen molar-refractivity contribution in [3.63, 3.8) is 0 Å². The Morgan fingerprint density at radius 2 is 1.12 bits per heavy atom. The molecule has 0 bridgehead atoms. The third-order valence-corrected chi connectivity index (χ3v) is 6.48. The van der Waals surface area contributed by atoms with Crippen LogP contribution in [-0.2, 0) is 11.2 Å². The van der Waals surface area contributed by atoms with Crippen molar-refractivity contribution in [1.29, 1.82) is 0 Å². The highest BCUT2D eigenvalue weighted by atomic mass is 16.5. The van der Waals surface area contributed by atoms with Crippen LogP contribution in [0.4, 0.5) is 17.1 Å². The van der Waals surface area contributed by atoms with Gasteiger partial charge in [0.05, 0.1) is 6.61 Å². The lowest BCUT2D eigenvalue weighted by atomic mass is 10.0. The smallest absolute Gasteiger partial charge is 0.338 e. The number of hydrogen-bond donors (Lipinski definition) is 0. The zero-order valence-corrected chi connectivity index (χ0v) is 22.5. The highest BCUT2D eigenvalue weighted by Crippen LogP contribution is 2.36. The second-order valence-corrected chi connectivity index (χ2v) is 9.49. The second kappa shape index (κ2) is 12.6. The molecule has 4 heteroatoms. The number of esters is 1. The standard InChI is InChI=1S/C36H31NO3/c1-27(2)36(38)40-35-21-13-28(14-22-35)25-26-39-34-23-19-33(20-24-34)37(31-11-7-4-8-12-31)32-17-15-30(16-18-32)29-9-5-3-6-10-29/h3-24H,1,25-26H2,2H3. The normalized spacial score (nSPS) is 10.5. The molecule has 5 aromatic carbocycles. The fourth-order valence-corrected chi connectivity index (χ4v) is 4.35. The lowest BCUT2D eigenvalue weighted by molar-refractivity contribution is -0.130. The van der Waals surface area contributed by atoms with Crippen molar-refractivity contribution < 1.29 is 14.3 Å². The zero-order valence-electron chi connectivity index (χ0n) is 22.5. The van der Waals surface area contributed by atoms with Crippen molar-refractivity contribution in [2.24, 2.45) is 0 Å². The molecular formula is C36H31NO3. The summed E-state index contributed by atoms with van der Waals surface area (Å²) in [6, 6.07) is 45.0. The third-order valence-electron chi connectivity index (χ3n) is 6.48. The van der Waals surface area contributed by atoms with E-state index in [-0.39, 0.29) is 0 Å². The molecule has 0 fully saturated rings. The van der Waals surface area contributed by atoms with Crippen molar-refractivity contribution in [3.05, 3.63) is 151 Å². The summed E-state index contributed by atoms with van der Waals surface area (Å²) in [5.74, 6) is 0.892. The third kappa shape index (κ3) is 6.66. The van der Waals surface area contributed by atoms with E-state index < -0.39 is 5.97 Å². The van der Waals surface area contributed by atoms with Gasteiger partial charge in [0.15, 0.2) is 0 Å². The molecule has 0 saturated heterocycles. The highest BCUT2D eigenvalue weighted by molar-refractivity contribution is 5.88. The number of rotatable bonds is 10. The minimum atomic E-state index is -0.422. The van der Waals surface area contributed by atoms with Crippen LogP contribution in [0.15, 0.2) is 146 Å². The Kier molecular flexibility index (Phi) is 8.38. The maximum absolute atomic E-state index is 11.7. The van der Waals surface area contributed by atoms with Crippen LogP contribution in [0.1, 0.15) is 12.5 Å². The zero-order chi connectivity index (χ0) is 27.7. The molecule has 4 nitrogen and oxygen atoms in total. The van der Waals surface area contributed by atoms with Crippen LogP contribution in [0, 0.1) is 0 Å². The van der Waals surface area contributed by atoms with Crippen LogP contribution in [0.5, 0.6) is 11.5 Å². The van der Waals surface area contributed by atoms with Crippen LogP contribution in [-0.4, -0.2) is 12.6 Å². The van der Waals surface area contributed by atoms with Gasteiger partial charge in [-0.25, -0.2) is 4.79 Å². The molecule has 0 heterocycles. The number of nitrogens with zero attached hydrogens (tertiary/aromatic N) is 1.